The van der Waals surface area contributed by atoms with E-state index < -0.39 is 0 Å². The molecule has 0 heterocycles. The third-order valence-corrected chi connectivity index (χ3v) is 13.5. The molecule has 4 atom stereocenters. The first-order valence-corrected chi connectivity index (χ1v) is 18.1. The first-order chi connectivity index (χ1) is 23.7. The van der Waals surface area contributed by atoms with Crippen LogP contribution in [-0.4, -0.2) is 0 Å². The van der Waals surface area contributed by atoms with Crippen molar-refractivity contribution < 1.29 is 0 Å². The molecule has 5 aliphatic rings. The number of hydrogen-bond acceptors (Lipinski definition) is 1. The average Bonchev–Trinajstić information content (AvgIpc) is 3.68. The third-order valence-electron chi connectivity index (χ3n) is 13.5. The van der Waals surface area contributed by atoms with Gasteiger partial charge in [0.1, 0.15) is 0 Å². The summed E-state index contributed by atoms with van der Waals surface area (Å²) in [6.45, 7) is 0. The first-order valence-electron chi connectivity index (χ1n) is 18.1. The molecule has 0 aliphatic heterocycles. The van der Waals surface area contributed by atoms with Gasteiger partial charge in [0.2, 0.25) is 0 Å². The van der Waals surface area contributed by atoms with Crippen LogP contribution in [0, 0.1) is 29.1 Å². The van der Waals surface area contributed by atoms with Crippen LogP contribution in [0.15, 0.2) is 152 Å². The minimum atomic E-state index is 0.172. The van der Waals surface area contributed by atoms with Gasteiger partial charge in [-0.3, -0.25) is 0 Å². The number of benzene rings is 6. The lowest BCUT2D eigenvalue weighted by molar-refractivity contribution is -0.0820. The van der Waals surface area contributed by atoms with E-state index in [1.54, 1.807) is 11.1 Å². The van der Waals surface area contributed by atoms with Gasteiger partial charge in [-0.2, -0.15) is 0 Å². The molecule has 2 spiro atoms. The molecule has 6 aromatic carbocycles. The molecule has 0 amide bonds. The Balaban J connectivity index is 1.07. The Bertz CT molecular complexity index is 2070. The molecule has 4 saturated carbocycles. The van der Waals surface area contributed by atoms with Crippen LogP contribution in [0.3, 0.4) is 0 Å². The molecular formula is C47H39N. The summed E-state index contributed by atoms with van der Waals surface area (Å²) in [4.78, 5) is 2.49. The summed E-state index contributed by atoms with van der Waals surface area (Å²) in [7, 11) is 0. The van der Waals surface area contributed by atoms with E-state index in [1.807, 2.05) is 0 Å². The van der Waals surface area contributed by atoms with Crippen molar-refractivity contribution in [2.45, 2.75) is 37.5 Å². The lowest BCUT2D eigenvalue weighted by Gasteiger charge is -2.64. The van der Waals surface area contributed by atoms with Crippen LogP contribution in [0.25, 0.3) is 33.4 Å². The fourth-order valence-corrected chi connectivity index (χ4v) is 12.1. The minimum Gasteiger partial charge on any atom is -0.310 e. The van der Waals surface area contributed by atoms with Crippen LogP contribution < -0.4 is 4.90 Å². The Morgan fingerprint density at radius 1 is 0.417 bits per heavy atom. The Kier molecular flexibility index (Phi) is 5.55. The van der Waals surface area contributed by atoms with Gasteiger partial charge in [-0.25, -0.2) is 0 Å². The van der Waals surface area contributed by atoms with Gasteiger partial charge in [0.25, 0.3) is 0 Å². The van der Waals surface area contributed by atoms with E-state index in [2.05, 4.69) is 157 Å². The zero-order chi connectivity index (χ0) is 31.5. The van der Waals surface area contributed by atoms with Gasteiger partial charge in [-0.1, -0.05) is 115 Å². The van der Waals surface area contributed by atoms with E-state index in [-0.39, 0.29) is 5.41 Å². The Morgan fingerprint density at radius 3 is 1.48 bits per heavy atom. The summed E-state index contributed by atoms with van der Waals surface area (Å²) in [5.74, 6) is 3.46. The molecular weight excluding hydrogens is 579 g/mol. The fraction of sp³-hybridized carbons (Fsp3) is 0.234. The van der Waals surface area contributed by atoms with E-state index in [4.69, 9.17) is 0 Å². The van der Waals surface area contributed by atoms with Crippen molar-refractivity contribution in [3.8, 4) is 33.4 Å². The molecule has 48 heavy (non-hydrogen) atoms. The Hall–Kier alpha value is -4.88. The van der Waals surface area contributed by atoms with E-state index in [0.717, 1.165) is 23.7 Å². The molecule has 4 fully saturated rings. The summed E-state index contributed by atoms with van der Waals surface area (Å²) in [6.07, 6.45) is 7.33. The molecule has 0 radical (unpaired) electrons. The molecule has 1 heteroatoms. The van der Waals surface area contributed by atoms with Crippen LogP contribution in [0.2, 0.25) is 0 Å². The van der Waals surface area contributed by atoms with Crippen molar-refractivity contribution in [1.29, 1.82) is 0 Å². The maximum absolute atomic E-state index is 2.62. The Morgan fingerprint density at radius 2 is 0.896 bits per heavy atom. The molecule has 232 valence electrons. The predicted molar refractivity (Wildman–Crippen MR) is 198 cm³/mol. The predicted octanol–water partition coefficient (Wildman–Crippen LogP) is 12.2. The topological polar surface area (TPSA) is 3.24 Å². The molecule has 3 bridgehead atoms. The highest BCUT2D eigenvalue weighted by atomic mass is 15.1. The monoisotopic (exact) mass is 617 g/mol. The molecule has 0 N–H and O–H groups in total. The second-order valence-electron chi connectivity index (χ2n) is 15.5. The van der Waals surface area contributed by atoms with Crippen LogP contribution in [-0.2, 0) is 5.41 Å². The molecule has 0 saturated heterocycles. The van der Waals surface area contributed by atoms with Crippen molar-refractivity contribution in [3.63, 3.8) is 0 Å². The zero-order valence-corrected chi connectivity index (χ0v) is 27.2. The average molecular weight is 618 g/mol. The minimum absolute atomic E-state index is 0.172. The molecule has 4 unspecified atom stereocenters. The van der Waals surface area contributed by atoms with E-state index in [1.165, 1.54) is 82.5 Å². The molecule has 11 rings (SSSR count). The third kappa shape index (κ3) is 3.52. The van der Waals surface area contributed by atoms with Gasteiger partial charge in [0.05, 0.1) is 0 Å². The van der Waals surface area contributed by atoms with Crippen molar-refractivity contribution in [1.82, 2.24) is 0 Å². The van der Waals surface area contributed by atoms with Gasteiger partial charge in [0.15, 0.2) is 0 Å². The number of fused-ring (bicyclic) bond motifs is 9. The van der Waals surface area contributed by atoms with E-state index in [9.17, 15) is 0 Å². The van der Waals surface area contributed by atoms with Gasteiger partial charge in [0, 0.05) is 22.5 Å². The summed E-state index contributed by atoms with van der Waals surface area (Å²) in [5.41, 5.74) is 15.6. The second-order valence-corrected chi connectivity index (χ2v) is 15.5. The number of rotatable bonds is 5. The maximum Gasteiger partial charge on any atom is 0.0465 e. The van der Waals surface area contributed by atoms with Gasteiger partial charge < -0.3 is 4.90 Å². The summed E-state index contributed by atoms with van der Waals surface area (Å²) in [6, 6.07) is 56.8. The molecule has 1 nitrogen and oxygen atoms in total. The van der Waals surface area contributed by atoms with E-state index in [0.29, 0.717) is 5.41 Å². The molecule has 5 aliphatic carbocycles. The second kappa shape index (κ2) is 9.83. The first kappa shape index (κ1) is 27.1. The fourth-order valence-electron chi connectivity index (χ4n) is 12.1. The van der Waals surface area contributed by atoms with Crippen LogP contribution in [0.5, 0.6) is 0 Å². The smallest absolute Gasteiger partial charge is 0.0465 e. The normalized spacial score (nSPS) is 28.2. The summed E-state index contributed by atoms with van der Waals surface area (Å²) in [5, 5.41) is 0. The number of nitrogens with zero attached hydrogens (tertiary/aromatic N) is 1. The van der Waals surface area contributed by atoms with Crippen molar-refractivity contribution in [2.24, 2.45) is 29.1 Å². The zero-order valence-electron chi connectivity index (χ0n) is 27.2. The largest absolute Gasteiger partial charge is 0.310 e. The van der Waals surface area contributed by atoms with Crippen molar-refractivity contribution in [2.75, 3.05) is 4.90 Å². The molecule has 6 aromatic rings. The van der Waals surface area contributed by atoms with Crippen LogP contribution >= 0.6 is 0 Å². The highest BCUT2D eigenvalue weighted by Gasteiger charge is 2.79. The quantitative estimate of drug-likeness (QED) is 0.186. The molecule has 0 aromatic heterocycles. The number of hydrogen-bond donors (Lipinski definition) is 0. The highest BCUT2D eigenvalue weighted by molar-refractivity contribution is 5.88. The van der Waals surface area contributed by atoms with Gasteiger partial charge in [-0.15, -0.1) is 0 Å². The van der Waals surface area contributed by atoms with Gasteiger partial charge in [-0.05, 0) is 142 Å². The lowest BCUT2D eigenvalue weighted by Crippen LogP contribution is -2.62. The summed E-state index contributed by atoms with van der Waals surface area (Å²) < 4.78 is 0. The van der Waals surface area contributed by atoms with Gasteiger partial charge >= 0.3 is 0 Å². The number of anilines is 3. The van der Waals surface area contributed by atoms with Crippen molar-refractivity contribution >= 4 is 17.1 Å². The SMILES string of the molecule is c1ccc(-c2ccc(N(c3ccc(-c4ccccc4)cc3)c3ccc4c(c3)C3(c5ccccc5-4)C4CC5CC6CC3C4(C5)C6)cc2)cc1. The standard InChI is InChI=1S/C47H39N/c1-3-9-33(10-4-1)35-15-19-37(20-16-35)48(38-21-17-36(18-22-38)34-11-5-2-6-12-34)39-23-24-41-40-13-7-8-14-42(40)47(43(41)28-39)44-26-31-25-32-27-45(47)46(44,29-31)30-32/h1-24,28,31-32,44-45H,25-27,29-30H2. The maximum atomic E-state index is 2.62. The van der Waals surface area contributed by atoms with Crippen molar-refractivity contribution in [3.05, 3.63) is 163 Å². The summed E-state index contributed by atoms with van der Waals surface area (Å²) >= 11 is 0. The Labute approximate surface area is 283 Å². The lowest BCUT2D eigenvalue weighted by atomic mass is 9.38. The van der Waals surface area contributed by atoms with Crippen LogP contribution in [0.4, 0.5) is 17.1 Å². The highest BCUT2D eigenvalue weighted by Crippen LogP contribution is 2.85. The van der Waals surface area contributed by atoms with E-state index >= 15 is 0 Å². The van der Waals surface area contributed by atoms with Crippen LogP contribution in [0.1, 0.15) is 43.2 Å².